The van der Waals surface area contributed by atoms with Gasteiger partial charge in [0.25, 0.3) is 5.91 Å². The van der Waals surface area contributed by atoms with Gasteiger partial charge < -0.3 is 15.0 Å². The molecule has 0 saturated carbocycles. The Hall–Kier alpha value is -0.810. The fraction of sp³-hybridized carbons (Fsp3) is 0.583. The zero-order valence-corrected chi connectivity index (χ0v) is 12.0. The quantitative estimate of drug-likeness (QED) is 0.873. The summed E-state index contributed by atoms with van der Waals surface area (Å²) in [6.45, 7) is 4.14. The number of carbonyl (C=O) groups excluding carboxylic acids is 1. The van der Waals surface area contributed by atoms with Gasteiger partial charge in [0.1, 0.15) is 5.69 Å². The molecular formula is C12H19BrN2O2. The molecule has 0 aliphatic rings. The Morgan fingerprint density at radius 2 is 2.24 bits per heavy atom. The Labute approximate surface area is 110 Å². The van der Waals surface area contributed by atoms with Gasteiger partial charge in [0, 0.05) is 30.4 Å². The maximum Gasteiger partial charge on any atom is 0.268 e. The summed E-state index contributed by atoms with van der Waals surface area (Å²) in [5.41, 5.74) is 0.612. The van der Waals surface area contributed by atoms with Crippen molar-refractivity contribution in [3.05, 3.63) is 22.4 Å². The molecular weight excluding hydrogens is 284 g/mol. The van der Waals surface area contributed by atoms with Crippen LogP contribution in [0.3, 0.4) is 0 Å². The molecule has 17 heavy (non-hydrogen) atoms. The zero-order valence-electron chi connectivity index (χ0n) is 10.4. The molecule has 2 N–H and O–H groups in total. The first-order valence-electron chi connectivity index (χ1n) is 5.69. The third-order valence-corrected chi connectivity index (χ3v) is 3.20. The Balaban J connectivity index is 2.73. The first-order valence-corrected chi connectivity index (χ1v) is 6.48. The van der Waals surface area contributed by atoms with Crippen LogP contribution in [-0.2, 0) is 7.05 Å². The maximum atomic E-state index is 12.0. The fourth-order valence-electron chi connectivity index (χ4n) is 1.70. The van der Waals surface area contributed by atoms with Crippen LogP contribution in [-0.4, -0.2) is 28.2 Å². The molecule has 0 spiro atoms. The van der Waals surface area contributed by atoms with E-state index in [0.29, 0.717) is 18.0 Å². The zero-order chi connectivity index (χ0) is 13.0. The lowest BCUT2D eigenvalue weighted by molar-refractivity contribution is 0.0908. The van der Waals surface area contributed by atoms with Gasteiger partial charge in [0.05, 0.1) is 0 Å². The van der Waals surface area contributed by atoms with Gasteiger partial charge in [-0.05, 0) is 34.3 Å². The van der Waals surface area contributed by atoms with Crippen LogP contribution in [0.5, 0.6) is 0 Å². The minimum absolute atomic E-state index is 0.00109. The van der Waals surface area contributed by atoms with Crippen molar-refractivity contribution in [1.29, 1.82) is 0 Å². The summed E-state index contributed by atoms with van der Waals surface area (Å²) in [6, 6.07) is 1.78. The topological polar surface area (TPSA) is 54.3 Å². The number of carbonyl (C=O) groups is 1. The normalized spacial score (nSPS) is 12.8. The van der Waals surface area contributed by atoms with Crippen LogP contribution in [0, 0.1) is 5.92 Å². The van der Waals surface area contributed by atoms with E-state index >= 15 is 0 Å². The molecule has 96 valence electrons. The minimum atomic E-state index is -0.106. The molecule has 4 nitrogen and oxygen atoms in total. The molecule has 1 rings (SSSR count). The Kier molecular flexibility index (Phi) is 5.21. The maximum absolute atomic E-state index is 12.0. The monoisotopic (exact) mass is 302 g/mol. The van der Waals surface area contributed by atoms with Gasteiger partial charge in [0.2, 0.25) is 0 Å². The van der Waals surface area contributed by atoms with E-state index < -0.39 is 0 Å². The van der Waals surface area contributed by atoms with E-state index in [0.717, 1.165) is 4.47 Å². The van der Waals surface area contributed by atoms with Gasteiger partial charge in [-0.2, -0.15) is 0 Å². The van der Waals surface area contributed by atoms with E-state index in [1.54, 1.807) is 10.6 Å². The van der Waals surface area contributed by atoms with Crippen LogP contribution < -0.4 is 5.32 Å². The number of aliphatic hydroxyl groups excluding tert-OH is 1. The average Bonchev–Trinajstić information content (AvgIpc) is 2.57. The molecule has 1 amide bonds. The van der Waals surface area contributed by atoms with Gasteiger partial charge >= 0.3 is 0 Å². The molecule has 0 radical (unpaired) electrons. The second-order valence-corrected chi connectivity index (χ2v) is 5.41. The molecule has 0 fully saturated rings. The van der Waals surface area contributed by atoms with Gasteiger partial charge in [-0.3, -0.25) is 4.79 Å². The minimum Gasteiger partial charge on any atom is -0.396 e. The molecule has 1 aromatic rings. The summed E-state index contributed by atoms with van der Waals surface area (Å²) in [5.74, 6) is 0.195. The molecule has 1 atom stereocenters. The highest BCUT2D eigenvalue weighted by molar-refractivity contribution is 9.10. The average molecular weight is 303 g/mol. The summed E-state index contributed by atoms with van der Waals surface area (Å²) >= 11 is 3.34. The molecule has 1 unspecified atom stereocenters. The molecule has 0 aliphatic heterocycles. The van der Waals surface area contributed by atoms with Gasteiger partial charge in [-0.1, -0.05) is 13.8 Å². The first-order chi connectivity index (χ1) is 7.95. The van der Waals surface area contributed by atoms with Gasteiger partial charge in [-0.25, -0.2) is 0 Å². The molecule has 1 heterocycles. The van der Waals surface area contributed by atoms with Crippen LogP contribution in [0.25, 0.3) is 0 Å². The van der Waals surface area contributed by atoms with Crippen LogP contribution in [0.15, 0.2) is 16.7 Å². The van der Waals surface area contributed by atoms with Crippen molar-refractivity contribution in [2.24, 2.45) is 13.0 Å². The number of aryl methyl sites for hydroxylation is 1. The van der Waals surface area contributed by atoms with Crippen molar-refractivity contribution in [2.75, 3.05) is 6.61 Å². The summed E-state index contributed by atoms with van der Waals surface area (Å²) in [5, 5.41) is 11.9. The standard InChI is InChI=1S/C12H19BrN2O2/c1-8(2)10(4-5-16)14-12(17)11-6-9(13)7-15(11)3/h6-8,10,16H,4-5H2,1-3H3,(H,14,17). The summed E-state index contributed by atoms with van der Waals surface area (Å²) in [4.78, 5) is 12.0. The van der Waals surface area contributed by atoms with Crippen LogP contribution in [0.2, 0.25) is 0 Å². The number of hydrogen-bond donors (Lipinski definition) is 2. The first kappa shape index (κ1) is 14.3. The van der Waals surface area contributed by atoms with E-state index in [2.05, 4.69) is 21.2 Å². The predicted octanol–water partition coefficient (Wildman–Crippen LogP) is 1.92. The van der Waals surface area contributed by atoms with E-state index in [1.165, 1.54) is 0 Å². The third-order valence-electron chi connectivity index (χ3n) is 2.77. The van der Waals surface area contributed by atoms with Gasteiger partial charge in [0.15, 0.2) is 0 Å². The van der Waals surface area contributed by atoms with Crippen LogP contribution in [0.1, 0.15) is 30.8 Å². The third kappa shape index (κ3) is 3.85. The number of nitrogens with one attached hydrogen (secondary N) is 1. The molecule has 5 heteroatoms. The van der Waals surface area contributed by atoms with Crippen molar-refractivity contribution in [2.45, 2.75) is 26.3 Å². The van der Waals surface area contributed by atoms with Crippen molar-refractivity contribution < 1.29 is 9.90 Å². The number of nitrogens with zero attached hydrogens (tertiary/aromatic N) is 1. The van der Waals surface area contributed by atoms with Crippen molar-refractivity contribution in [3.63, 3.8) is 0 Å². The smallest absolute Gasteiger partial charge is 0.268 e. The van der Waals surface area contributed by atoms with Gasteiger partial charge in [-0.15, -0.1) is 0 Å². The highest BCUT2D eigenvalue weighted by Gasteiger charge is 2.18. The largest absolute Gasteiger partial charge is 0.396 e. The second kappa shape index (κ2) is 6.21. The number of hydrogen-bond acceptors (Lipinski definition) is 2. The Bertz CT molecular complexity index is 388. The lowest BCUT2D eigenvalue weighted by Gasteiger charge is -2.21. The van der Waals surface area contributed by atoms with Crippen LogP contribution in [0.4, 0.5) is 0 Å². The van der Waals surface area contributed by atoms with Crippen LogP contribution >= 0.6 is 15.9 Å². The number of aromatic nitrogens is 1. The van der Waals surface area contributed by atoms with E-state index in [4.69, 9.17) is 5.11 Å². The molecule has 0 bridgehead atoms. The SMILES string of the molecule is CC(C)C(CCO)NC(=O)c1cc(Br)cn1C. The van der Waals surface area contributed by atoms with Crippen molar-refractivity contribution in [3.8, 4) is 0 Å². The number of amides is 1. The fourth-order valence-corrected chi connectivity index (χ4v) is 2.23. The Morgan fingerprint density at radius 1 is 1.59 bits per heavy atom. The second-order valence-electron chi connectivity index (χ2n) is 4.49. The lowest BCUT2D eigenvalue weighted by atomic mass is 10.0. The van der Waals surface area contributed by atoms with E-state index in [1.807, 2.05) is 27.1 Å². The molecule has 0 saturated heterocycles. The summed E-state index contributed by atoms with van der Waals surface area (Å²) in [6.07, 6.45) is 2.42. The van der Waals surface area contributed by atoms with E-state index in [-0.39, 0.29) is 18.6 Å². The number of aliphatic hydroxyl groups is 1. The predicted molar refractivity (Wildman–Crippen MR) is 70.9 cm³/mol. The highest BCUT2D eigenvalue weighted by atomic mass is 79.9. The Morgan fingerprint density at radius 3 is 2.65 bits per heavy atom. The van der Waals surface area contributed by atoms with E-state index in [9.17, 15) is 4.79 Å². The van der Waals surface area contributed by atoms with Crippen molar-refractivity contribution >= 4 is 21.8 Å². The lowest BCUT2D eigenvalue weighted by Crippen LogP contribution is -2.39. The highest BCUT2D eigenvalue weighted by Crippen LogP contribution is 2.14. The molecule has 0 aliphatic carbocycles. The number of halogens is 1. The molecule has 1 aromatic heterocycles. The summed E-state index contributed by atoms with van der Waals surface area (Å²) in [7, 11) is 1.83. The van der Waals surface area contributed by atoms with Crippen molar-refractivity contribution in [1.82, 2.24) is 9.88 Å². The summed E-state index contributed by atoms with van der Waals surface area (Å²) < 4.78 is 2.66. The molecule has 0 aromatic carbocycles. The number of rotatable bonds is 5.